The molecule has 4 heterocycles. The Bertz CT molecular complexity index is 1570. The number of carbonyl (C=O) groups excluding carboxylic acids is 1. The number of aryl methyl sites for hydroxylation is 1. The highest BCUT2D eigenvalue weighted by molar-refractivity contribution is 7.08. The first-order chi connectivity index (χ1) is 16.7. The van der Waals surface area contributed by atoms with Crippen LogP contribution in [-0.2, 0) is 13.2 Å². The first-order valence-corrected chi connectivity index (χ1v) is 11.8. The Balaban J connectivity index is 1.44. The van der Waals surface area contributed by atoms with E-state index in [1.165, 1.54) is 23.5 Å². The van der Waals surface area contributed by atoms with E-state index in [0.29, 0.717) is 23.4 Å². The maximum atomic E-state index is 13.4. The number of nitrogens with zero attached hydrogens (tertiary/aromatic N) is 4. The van der Waals surface area contributed by atoms with Gasteiger partial charge in [0, 0.05) is 52.9 Å². The molecule has 1 aliphatic heterocycles. The third kappa shape index (κ3) is 3.43. The van der Waals surface area contributed by atoms with E-state index < -0.39 is 23.9 Å². The van der Waals surface area contributed by atoms with Crippen LogP contribution in [0.5, 0.6) is 0 Å². The van der Waals surface area contributed by atoms with Crippen molar-refractivity contribution in [2.75, 3.05) is 11.4 Å². The summed E-state index contributed by atoms with van der Waals surface area (Å²) in [6, 6.07) is 11.4. The van der Waals surface area contributed by atoms with Crippen LogP contribution >= 0.6 is 11.3 Å². The number of benzene rings is 2. The van der Waals surface area contributed by atoms with E-state index in [-0.39, 0.29) is 5.78 Å². The number of hydrogen-bond donors (Lipinski definition) is 1. The molecule has 1 aliphatic rings. The monoisotopic (exact) mass is 496 g/mol. The van der Waals surface area contributed by atoms with Gasteiger partial charge in [-0.05, 0) is 53.9 Å². The molecule has 0 spiro atoms. The number of aliphatic hydroxyl groups is 1. The first kappa shape index (κ1) is 21.9. The number of aliphatic hydroxyl groups excluding tert-OH is 1. The molecule has 0 aliphatic carbocycles. The molecule has 6 nitrogen and oxygen atoms in total. The van der Waals surface area contributed by atoms with Crippen molar-refractivity contribution in [3.8, 4) is 5.69 Å². The number of thiophene rings is 1. The van der Waals surface area contributed by atoms with Crippen LogP contribution in [0.3, 0.4) is 0 Å². The molecule has 0 amide bonds. The van der Waals surface area contributed by atoms with Crippen molar-refractivity contribution in [1.82, 2.24) is 14.3 Å². The summed E-state index contributed by atoms with van der Waals surface area (Å²) in [5.74, 6) is -0.184. The second kappa shape index (κ2) is 7.69. The van der Waals surface area contributed by atoms with Gasteiger partial charge in [-0.25, -0.2) is 0 Å². The summed E-state index contributed by atoms with van der Waals surface area (Å²) >= 11 is 1.53. The van der Waals surface area contributed by atoms with Crippen LogP contribution in [0.25, 0.3) is 27.6 Å². The molecule has 2 unspecified atom stereocenters. The maximum Gasteiger partial charge on any atom is 0.416 e. The molecular formula is C25H19F3N4O2S. The van der Waals surface area contributed by atoms with Crippen molar-refractivity contribution in [2.24, 2.45) is 7.05 Å². The number of fused-ring (bicyclic) bond motifs is 3. The van der Waals surface area contributed by atoms with Crippen LogP contribution in [0.4, 0.5) is 18.9 Å². The van der Waals surface area contributed by atoms with Crippen LogP contribution in [0.15, 0.2) is 65.5 Å². The Hall–Kier alpha value is -3.63. The zero-order chi connectivity index (χ0) is 24.5. The Morgan fingerprint density at radius 1 is 1.09 bits per heavy atom. The summed E-state index contributed by atoms with van der Waals surface area (Å²) in [6.45, 7) is 0.395. The van der Waals surface area contributed by atoms with E-state index in [1.54, 1.807) is 34.5 Å². The fraction of sp³-hybridized carbons (Fsp3) is 0.200. The molecule has 1 fully saturated rings. The molecule has 10 heteroatoms. The molecule has 1 saturated heterocycles. The smallest absolute Gasteiger partial charge is 0.389 e. The molecule has 0 saturated carbocycles. The van der Waals surface area contributed by atoms with Crippen LogP contribution in [0.2, 0.25) is 0 Å². The van der Waals surface area contributed by atoms with Gasteiger partial charge in [-0.1, -0.05) is 0 Å². The predicted molar refractivity (Wildman–Crippen MR) is 128 cm³/mol. The Labute approximate surface area is 201 Å². The molecule has 0 bridgehead atoms. The number of ketones is 1. The number of Topliss-reactive ketones (excluding diaryl/α,β-unsaturated/α-hetero) is 1. The molecule has 2 atom stereocenters. The second-order valence-electron chi connectivity index (χ2n) is 8.66. The lowest BCUT2D eigenvalue weighted by atomic mass is 9.90. The maximum absolute atomic E-state index is 13.4. The quantitative estimate of drug-likeness (QED) is 0.355. The van der Waals surface area contributed by atoms with E-state index in [2.05, 4.69) is 5.10 Å². The van der Waals surface area contributed by atoms with Crippen molar-refractivity contribution in [2.45, 2.75) is 18.3 Å². The highest BCUT2D eigenvalue weighted by Gasteiger charge is 2.43. The van der Waals surface area contributed by atoms with Gasteiger partial charge in [0.2, 0.25) is 0 Å². The summed E-state index contributed by atoms with van der Waals surface area (Å²) in [5, 5.41) is 20.3. The first-order valence-electron chi connectivity index (χ1n) is 10.9. The minimum Gasteiger partial charge on any atom is -0.389 e. The van der Waals surface area contributed by atoms with Crippen molar-refractivity contribution in [1.29, 1.82) is 0 Å². The van der Waals surface area contributed by atoms with Gasteiger partial charge in [-0.3, -0.25) is 14.0 Å². The van der Waals surface area contributed by atoms with Crippen LogP contribution in [0, 0.1) is 0 Å². The number of hydrogen-bond acceptors (Lipinski definition) is 5. The lowest BCUT2D eigenvalue weighted by molar-refractivity contribution is -0.137. The number of carbonyl (C=O) groups is 1. The lowest BCUT2D eigenvalue weighted by Crippen LogP contribution is -2.64. The van der Waals surface area contributed by atoms with Gasteiger partial charge in [-0.15, -0.1) is 0 Å². The van der Waals surface area contributed by atoms with E-state index >= 15 is 0 Å². The van der Waals surface area contributed by atoms with Gasteiger partial charge in [0.15, 0.2) is 11.4 Å². The van der Waals surface area contributed by atoms with Crippen LogP contribution < -0.4 is 4.90 Å². The molecule has 1 N–H and O–H groups in total. The van der Waals surface area contributed by atoms with Crippen molar-refractivity contribution in [3.05, 3.63) is 76.6 Å². The summed E-state index contributed by atoms with van der Waals surface area (Å²) in [6.07, 6.45) is -3.36. The van der Waals surface area contributed by atoms with Gasteiger partial charge in [0.25, 0.3) is 0 Å². The normalized spacial score (nSPS) is 18.4. The number of alkyl halides is 3. The standard InChI is InChI=1S/C25H19F3N4O2S/c1-30-11-19-18-10-14(23(34)22-21(33)12-31(22)17-8-9-35-13-17)2-7-20(18)32(24(19)29-30)16-5-3-15(4-6-16)25(26,27)28/h2-11,13,21-22,33H,12H2,1H3. The number of rotatable bonds is 4. The van der Waals surface area contributed by atoms with Crippen LogP contribution in [-0.4, -0.2) is 43.9 Å². The number of anilines is 1. The zero-order valence-corrected chi connectivity index (χ0v) is 19.2. The van der Waals surface area contributed by atoms with Crippen molar-refractivity contribution >= 4 is 44.7 Å². The Morgan fingerprint density at radius 3 is 2.51 bits per heavy atom. The molecule has 35 heavy (non-hydrogen) atoms. The summed E-state index contributed by atoms with van der Waals surface area (Å²) < 4.78 is 42.6. The van der Waals surface area contributed by atoms with E-state index in [4.69, 9.17) is 0 Å². The second-order valence-corrected chi connectivity index (χ2v) is 9.44. The highest BCUT2D eigenvalue weighted by Crippen LogP contribution is 2.36. The van der Waals surface area contributed by atoms with Gasteiger partial charge in [-0.2, -0.15) is 29.6 Å². The van der Waals surface area contributed by atoms with E-state index in [1.807, 2.05) is 27.9 Å². The third-order valence-electron chi connectivity index (χ3n) is 6.48. The van der Waals surface area contributed by atoms with Gasteiger partial charge in [0.1, 0.15) is 6.04 Å². The van der Waals surface area contributed by atoms with Gasteiger partial charge >= 0.3 is 6.18 Å². The summed E-state index contributed by atoms with van der Waals surface area (Å²) in [5.41, 5.74) is 2.48. The van der Waals surface area contributed by atoms with E-state index in [0.717, 1.165) is 34.1 Å². The zero-order valence-electron chi connectivity index (χ0n) is 18.4. The topological polar surface area (TPSA) is 63.3 Å². The molecular weight excluding hydrogens is 477 g/mol. The van der Waals surface area contributed by atoms with Gasteiger partial charge < -0.3 is 10.0 Å². The molecule has 0 radical (unpaired) electrons. The fourth-order valence-corrected chi connectivity index (χ4v) is 5.42. The average molecular weight is 497 g/mol. The third-order valence-corrected chi connectivity index (χ3v) is 7.15. The molecule has 3 aromatic heterocycles. The summed E-state index contributed by atoms with van der Waals surface area (Å²) in [4.78, 5) is 15.3. The molecule has 5 aromatic rings. The Kier molecular flexibility index (Phi) is 4.81. The average Bonchev–Trinajstić information content (AvgIpc) is 3.52. The number of halogens is 3. The molecule has 2 aromatic carbocycles. The number of aromatic nitrogens is 3. The van der Waals surface area contributed by atoms with Crippen molar-refractivity contribution < 1.29 is 23.1 Å². The fourth-order valence-electron chi connectivity index (χ4n) is 4.77. The van der Waals surface area contributed by atoms with Crippen molar-refractivity contribution in [3.63, 3.8) is 0 Å². The minimum absolute atomic E-state index is 0.184. The van der Waals surface area contributed by atoms with Gasteiger partial charge in [0.05, 0.1) is 17.2 Å². The summed E-state index contributed by atoms with van der Waals surface area (Å²) in [7, 11) is 1.77. The molecule has 178 valence electrons. The predicted octanol–water partition coefficient (Wildman–Crippen LogP) is 5.03. The lowest BCUT2D eigenvalue weighted by Gasteiger charge is -2.45. The van der Waals surface area contributed by atoms with Crippen LogP contribution in [0.1, 0.15) is 15.9 Å². The largest absolute Gasteiger partial charge is 0.416 e. The SMILES string of the molecule is Cn1cc2c3cc(C(=O)C4C(O)CN4c4ccsc4)ccc3n(-c3ccc(C(F)(F)F)cc3)c2n1. The highest BCUT2D eigenvalue weighted by atomic mass is 32.1. The number of β-amino-alcohol motifs (C(OH)–C–C–N with tert-alkyl or cyclic N) is 1. The Morgan fingerprint density at radius 2 is 1.86 bits per heavy atom. The molecule has 6 rings (SSSR count). The minimum atomic E-state index is -4.42. The van der Waals surface area contributed by atoms with E-state index in [9.17, 15) is 23.1 Å².